The first kappa shape index (κ1) is 28.1. The molecule has 2 aromatic heterocycles. The van der Waals surface area contributed by atoms with Gasteiger partial charge >= 0.3 is 5.97 Å². The number of amides is 1. The summed E-state index contributed by atoms with van der Waals surface area (Å²) in [7, 11) is 1.34. The van der Waals surface area contributed by atoms with Crippen molar-refractivity contribution in [3.8, 4) is 11.1 Å². The molecule has 10 heteroatoms. The summed E-state index contributed by atoms with van der Waals surface area (Å²) in [5.74, 6) is -0.0191. The number of thioether (sulfide) groups is 1. The number of benzene rings is 2. The third kappa shape index (κ3) is 7.58. The lowest BCUT2D eigenvalue weighted by molar-refractivity contribution is -0.142. The van der Waals surface area contributed by atoms with Crippen LogP contribution in [0.15, 0.2) is 67.5 Å². The van der Waals surface area contributed by atoms with Crippen LogP contribution in [-0.4, -0.2) is 61.9 Å². The van der Waals surface area contributed by atoms with E-state index in [9.17, 15) is 9.59 Å². The van der Waals surface area contributed by atoms with E-state index in [0.717, 1.165) is 39.4 Å². The van der Waals surface area contributed by atoms with Gasteiger partial charge in [0.1, 0.15) is 6.04 Å². The monoisotopic (exact) mass is 546 g/mol. The van der Waals surface area contributed by atoms with Crippen molar-refractivity contribution in [3.05, 3.63) is 95.6 Å². The van der Waals surface area contributed by atoms with Crippen molar-refractivity contribution in [2.45, 2.75) is 39.0 Å². The van der Waals surface area contributed by atoms with Crippen LogP contribution >= 0.6 is 11.8 Å². The second-order valence-corrected chi connectivity index (χ2v) is 10.3. The molecule has 0 aliphatic heterocycles. The quantitative estimate of drug-likeness (QED) is 0.214. The number of rotatable bonds is 13. The van der Waals surface area contributed by atoms with Gasteiger partial charge in [0.2, 0.25) is 0 Å². The number of nitrogens with one attached hydrogen (secondary N) is 3. The van der Waals surface area contributed by atoms with Crippen LogP contribution in [0.2, 0.25) is 0 Å². The number of imidazole rings is 2. The van der Waals surface area contributed by atoms with E-state index in [1.807, 2.05) is 62.0 Å². The Bertz CT molecular complexity index is 1320. The maximum absolute atomic E-state index is 13.5. The molecule has 0 saturated carbocycles. The minimum Gasteiger partial charge on any atom is -0.467 e. The molecular weight excluding hydrogens is 512 g/mol. The first-order valence-corrected chi connectivity index (χ1v) is 14.1. The largest absolute Gasteiger partial charge is 0.467 e. The van der Waals surface area contributed by atoms with Gasteiger partial charge < -0.3 is 20.0 Å². The highest BCUT2D eigenvalue weighted by Gasteiger charge is 2.24. The number of aromatic nitrogens is 4. The maximum atomic E-state index is 13.5. The molecule has 0 radical (unpaired) electrons. The molecule has 0 saturated heterocycles. The van der Waals surface area contributed by atoms with Gasteiger partial charge in [0.25, 0.3) is 5.91 Å². The molecule has 2 heterocycles. The summed E-state index contributed by atoms with van der Waals surface area (Å²) in [6.07, 6.45) is 9.45. The Labute approximate surface area is 232 Å². The maximum Gasteiger partial charge on any atom is 0.328 e. The number of aromatic amines is 2. The van der Waals surface area contributed by atoms with Crippen molar-refractivity contribution >= 4 is 23.6 Å². The Balaban J connectivity index is 1.66. The minimum absolute atomic E-state index is 0.303. The van der Waals surface area contributed by atoms with E-state index in [0.29, 0.717) is 31.6 Å². The van der Waals surface area contributed by atoms with Crippen LogP contribution in [0.1, 0.15) is 39.3 Å². The fraction of sp³-hybridized carbons (Fsp3) is 0.310. The zero-order chi connectivity index (χ0) is 27.6. The first-order valence-electron chi connectivity index (χ1n) is 12.7. The highest BCUT2D eigenvalue weighted by Crippen LogP contribution is 2.29. The molecule has 0 fully saturated rings. The normalized spacial score (nSPS) is 11.9. The summed E-state index contributed by atoms with van der Waals surface area (Å²) in [6, 6.07) is 13.2. The molecule has 2 aromatic carbocycles. The second-order valence-electron chi connectivity index (χ2n) is 9.32. The van der Waals surface area contributed by atoms with Gasteiger partial charge in [0.05, 0.1) is 19.8 Å². The predicted octanol–water partition coefficient (Wildman–Crippen LogP) is 4.34. The number of methoxy groups -OCH3 is 1. The molecule has 0 bridgehead atoms. The van der Waals surface area contributed by atoms with Gasteiger partial charge in [-0.3, -0.25) is 9.69 Å². The molecule has 4 rings (SSSR count). The number of aryl methyl sites for hydroxylation is 1. The summed E-state index contributed by atoms with van der Waals surface area (Å²) in [4.78, 5) is 42.8. The molecular formula is C29H34N6O3S. The molecule has 4 aromatic rings. The van der Waals surface area contributed by atoms with E-state index < -0.39 is 12.0 Å². The summed E-state index contributed by atoms with van der Waals surface area (Å²) in [5, 5.41) is 2.91. The van der Waals surface area contributed by atoms with Gasteiger partial charge in [0.15, 0.2) is 0 Å². The topological polar surface area (TPSA) is 116 Å². The standard InChI is InChI=1S/C29H34N6O3S/c1-20-6-4-5-7-24(20)26-12-21(8-9-25(26)28(36)34-27(10-11-39-3)29(37)38-2)15-35(16-22-13-30-18-32-22)17-23-14-31-19-33-23/h4-9,12-14,18-19,27H,10-11,15-17H2,1-3H3,(H,30,32)(H,31,33)(H,34,36)/t27-/m0/s1. The summed E-state index contributed by atoms with van der Waals surface area (Å²) >= 11 is 1.62. The summed E-state index contributed by atoms with van der Waals surface area (Å²) < 4.78 is 4.95. The number of carbonyl (C=O) groups excluding carboxylic acids is 2. The molecule has 0 unspecified atom stereocenters. The number of ether oxygens (including phenoxy) is 1. The van der Waals surface area contributed by atoms with E-state index >= 15 is 0 Å². The van der Waals surface area contributed by atoms with Gasteiger partial charge in [-0.05, 0) is 59.7 Å². The van der Waals surface area contributed by atoms with Crippen molar-refractivity contribution in [1.82, 2.24) is 30.2 Å². The average Bonchev–Trinajstić information content (AvgIpc) is 3.65. The smallest absolute Gasteiger partial charge is 0.328 e. The van der Waals surface area contributed by atoms with Crippen LogP contribution in [0.25, 0.3) is 11.1 Å². The third-order valence-electron chi connectivity index (χ3n) is 6.47. The molecule has 1 amide bonds. The fourth-order valence-electron chi connectivity index (χ4n) is 4.50. The van der Waals surface area contributed by atoms with Crippen molar-refractivity contribution in [2.75, 3.05) is 19.1 Å². The van der Waals surface area contributed by atoms with Crippen molar-refractivity contribution in [2.24, 2.45) is 0 Å². The zero-order valence-electron chi connectivity index (χ0n) is 22.4. The Kier molecular flexibility index (Phi) is 9.93. The number of carbonyl (C=O) groups is 2. The molecule has 3 N–H and O–H groups in total. The van der Waals surface area contributed by atoms with E-state index in [1.54, 1.807) is 24.4 Å². The third-order valence-corrected chi connectivity index (χ3v) is 7.11. The first-order chi connectivity index (χ1) is 19.0. The van der Waals surface area contributed by atoms with Crippen molar-refractivity contribution in [3.63, 3.8) is 0 Å². The minimum atomic E-state index is -0.710. The number of nitrogens with zero attached hydrogens (tertiary/aromatic N) is 3. The molecule has 39 heavy (non-hydrogen) atoms. The van der Waals surface area contributed by atoms with Crippen molar-refractivity contribution < 1.29 is 14.3 Å². The number of hydrogen-bond donors (Lipinski definition) is 3. The Morgan fingerprint density at radius 3 is 2.28 bits per heavy atom. The lowest BCUT2D eigenvalue weighted by atomic mass is 9.93. The fourth-order valence-corrected chi connectivity index (χ4v) is 4.97. The number of hydrogen-bond acceptors (Lipinski definition) is 7. The molecule has 0 aliphatic carbocycles. The van der Waals surface area contributed by atoms with Crippen LogP contribution in [0.5, 0.6) is 0 Å². The van der Waals surface area contributed by atoms with Gasteiger partial charge in [-0.2, -0.15) is 11.8 Å². The predicted molar refractivity (Wildman–Crippen MR) is 153 cm³/mol. The summed E-state index contributed by atoms with van der Waals surface area (Å²) in [6.45, 7) is 3.99. The molecule has 1 atom stereocenters. The Hall–Kier alpha value is -3.89. The molecule has 0 spiro atoms. The van der Waals surface area contributed by atoms with Gasteiger partial charge in [-0.15, -0.1) is 0 Å². The Morgan fingerprint density at radius 1 is 1.00 bits per heavy atom. The highest BCUT2D eigenvalue weighted by atomic mass is 32.2. The average molecular weight is 547 g/mol. The van der Waals surface area contributed by atoms with Gasteiger partial charge in [-0.1, -0.05) is 30.3 Å². The summed E-state index contributed by atoms with van der Waals surface area (Å²) in [5.41, 5.74) is 6.42. The van der Waals surface area contributed by atoms with Gasteiger partial charge in [0, 0.05) is 49.0 Å². The van der Waals surface area contributed by atoms with Crippen LogP contribution in [0.3, 0.4) is 0 Å². The number of esters is 1. The van der Waals surface area contributed by atoms with Crippen LogP contribution in [0, 0.1) is 6.92 Å². The SMILES string of the molecule is COC(=O)[C@H](CCSC)NC(=O)c1ccc(CN(Cc2cnc[nH]2)Cc2cnc[nH]2)cc1-c1ccccc1C. The lowest BCUT2D eigenvalue weighted by Crippen LogP contribution is -2.42. The van der Waals surface area contributed by atoms with E-state index in [2.05, 4.69) is 36.2 Å². The van der Waals surface area contributed by atoms with Crippen LogP contribution < -0.4 is 5.32 Å². The van der Waals surface area contributed by atoms with Crippen LogP contribution in [0.4, 0.5) is 0 Å². The van der Waals surface area contributed by atoms with E-state index in [-0.39, 0.29) is 5.91 Å². The molecule has 204 valence electrons. The lowest BCUT2D eigenvalue weighted by Gasteiger charge is -2.23. The molecule has 9 nitrogen and oxygen atoms in total. The van der Waals surface area contributed by atoms with E-state index in [1.165, 1.54) is 7.11 Å². The van der Waals surface area contributed by atoms with E-state index in [4.69, 9.17) is 4.74 Å². The van der Waals surface area contributed by atoms with Crippen LogP contribution in [-0.2, 0) is 29.2 Å². The Morgan fingerprint density at radius 2 is 1.69 bits per heavy atom. The van der Waals surface area contributed by atoms with Crippen molar-refractivity contribution in [1.29, 1.82) is 0 Å². The molecule has 0 aliphatic rings. The van der Waals surface area contributed by atoms with Gasteiger partial charge in [-0.25, -0.2) is 14.8 Å². The number of H-pyrrole nitrogens is 2. The highest BCUT2D eigenvalue weighted by molar-refractivity contribution is 7.98. The zero-order valence-corrected chi connectivity index (χ0v) is 23.3. The second kappa shape index (κ2) is 13.8.